The highest BCUT2D eigenvalue weighted by atomic mass is 16.5. The number of hydrogen-bond acceptors (Lipinski definition) is 6. The Hall–Kier alpha value is -4.27. The average molecular weight is 565 g/mol. The summed E-state index contributed by atoms with van der Waals surface area (Å²) < 4.78 is 4.97. The summed E-state index contributed by atoms with van der Waals surface area (Å²) in [4.78, 5) is 37.4. The van der Waals surface area contributed by atoms with Crippen LogP contribution in [0.4, 0.5) is 0 Å². The quantitative estimate of drug-likeness (QED) is 0.0937. The van der Waals surface area contributed by atoms with Crippen LogP contribution >= 0.6 is 0 Å². The highest BCUT2D eigenvalue weighted by Crippen LogP contribution is 2.48. The summed E-state index contributed by atoms with van der Waals surface area (Å²) in [7, 11) is 1.31. The van der Waals surface area contributed by atoms with Crippen LogP contribution in [0, 0.1) is 0 Å². The van der Waals surface area contributed by atoms with Crippen molar-refractivity contribution in [2.45, 2.75) is 50.6 Å². The molecule has 0 aromatic heterocycles. The third kappa shape index (κ3) is 4.91. The van der Waals surface area contributed by atoms with Gasteiger partial charge in [-0.1, -0.05) is 61.0 Å². The zero-order chi connectivity index (χ0) is 29.4. The second-order valence-corrected chi connectivity index (χ2v) is 11.3. The molecular formula is C34H36N4O4. The monoisotopic (exact) mass is 564 g/mol. The molecule has 0 unspecified atom stereocenters. The number of aryl methyl sites for hydroxylation is 1. The van der Waals surface area contributed by atoms with Gasteiger partial charge in [-0.2, -0.15) is 0 Å². The van der Waals surface area contributed by atoms with Crippen LogP contribution in [0.15, 0.2) is 54.6 Å². The van der Waals surface area contributed by atoms with Crippen LogP contribution in [0.25, 0.3) is 53.9 Å². The SMILES string of the molecule is COC(=O)[C@H](CCCc1cc2ccc3ccc4ccc5ccc1c1c5c4c3c21)NC(=O)CNC(=O)[C@@H](N)CCCCN. The van der Waals surface area contributed by atoms with E-state index >= 15 is 0 Å². The molecule has 0 heterocycles. The van der Waals surface area contributed by atoms with Gasteiger partial charge in [-0.15, -0.1) is 0 Å². The van der Waals surface area contributed by atoms with Gasteiger partial charge in [0.05, 0.1) is 19.7 Å². The maximum atomic E-state index is 12.6. The first kappa shape index (κ1) is 27.9. The van der Waals surface area contributed by atoms with Gasteiger partial charge in [0.1, 0.15) is 6.04 Å². The lowest BCUT2D eigenvalue weighted by Crippen LogP contribution is -2.48. The molecule has 6 rings (SSSR count). The minimum atomic E-state index is -0.815. The van der Waals surface area contributed by atoms with Crippen molar-refractivity contribution in [2.24, 2.45) is 11.5 Å². The Labute approximate surface area is 243 Å². The predicted molar refractivity (Wildman–Crippen MR) is 168 cm³/mol. The molecule has 0 saturated carbocycles. The summed E-state index contributed by atoms with van der Waals surface area (Å²) in [5.74, 6) is -1.38. The standard InChI is InChI=1S/C34H36N4O4/c1-42-34(41)26(38-27(39)18-37-33(40)25(36)6-2-3-16-35)7-4-5-22-17-23-13-12-20-9-8-19-10-11-21-14-15-24(22)32-30(21)28(19)29(20)31(23)32/h8-15,17,25-26H,2-7,16,18,35-36H2,1H3,(H,37,40)(H,38,39)/t25-,26-/m0/s1. The molecule has 2 atom stereocenters. The summed E-state index contributed by atoms with van der Waals surface area (Å²) in [5.41, 5.74) is 12.6. The van der Waals surface area contributed by atoms with E-state index in [-0.39, 0.29) is 6.54 Å². The Morgan fingerprint density at radius 2 is 1.38 bits per heavy atom. The maximum absolute atomic E-state index is 12.6. The lowest BCUT2D eigenvalue weighted by molar-refractivity contribution is -0.145. The van der Waals surface area contributed by atoms with E-state index in [0.29, 0.717) is 25.8 Å². The summed E-state index contributed by atoms with van der Waals surface area (Å²) in [6.45, 7) is 0.281. The van der Waals surface area contributed by atoms with Crippen LogP contribution in [0.1, 0.15) is 37.7 Å². The second-order valence-electron chi connectivity index (χ2n) is 11.3. The lowest BCUT2D eigenvalue weighted by atomic mass is 9.93. The highest BCUT2D eigenvalue weighted by Gasteiger charge is 2.24. The fourth-order valence-electron chi connectivity index (χ4n) is 6.53. The summed E-state index contributed by atoms with van der Waals surface area (Å²) in [5, 5.41) is 18.1. The van der Waals surface area contributed by atoms with E-state index in [9.17, 15) is 14.4 Å². The number of methoxy groups -OCH3 is 1. The molecule has 0 saturated heterocycles. The largest absolute Gasteiger partial charge is 0.467 e. The van der Waals surface area contributed by atoms with Crippen molar-refractivity contribution < 1.29 is 19.1 Å². The molecule has 8 nitrogen and oxygen atoms in total. The second kappa shape index (κ2) is 11.5. The highest BCUT2D eigenvalue weighted by molar-refractivity contribution is 6.44. The van der Waals surface area contributed by atoms with Crippen molar-refractivity contribution in [1.82, 2.24) is 10.6 Å². The molecule has 0 fully saturated rings. The normalized spacial score (nSPS) is 13.5. The van der Waals surface area contributed by atoms with Crippen molar-refractivity contribution in [3.63, 3.8) is 0 Å². The van der Waals surface area contributed by atoms with Gasteiger partial charge in [0.2, 0.25) is 11.8 Å². The molecule has 6 aromatic rings. The number of carbonyl (C=O) groups is 3. The van der Waals surface area contributed by atoms with E-state index in [1.54, 1.807) is 0 Å². The molecule has 0 bridgehead atoms. The number of nitrogens with one attached hydrogen (secondary N) is 2. The van der Waals surface area contributed by atoms with Crippen LogP contribution in [0.5, 0.6) is 0 Å². The molecule has 6 aromatic carbocycles. The van der Waals surface area contributed by atoms with Gasteiger partial charge in [-0.25, -0.2) is 4.79 Å². The Bertz CT molecular complexity index is 1840. The molecule has 0 aliphatic heterocycles. The number of benzene rings is 5. The van der Waals surface area contributed by atoms with Crippen molar-refractivity contribution in [3.8, 4) is 0 Å². The van der Waals surface area contributed by atoms with Crippen LogP contribution in [0.3, 0.4) is 0 Å². The first-order valence-electron chi connectivity index (χ1n) is 14.7. The number of amides is 2. The van der Waals surface area contributed by atoms with Crippen LogP contribution in [-0.2, 0) is 25.5 Å². The van der Waals surface area contributed by atoms with Crippen LogP contribution in [0.2, 0.25) is 0 Å². The minimum Gasteiger partial charge on any atom is -0.467 e. The van der Waals surface area contributed by atoms with Gasteiger partial charge < -0.3 is 26.8 Å². The number of carbonyl (C=O) groups excluding carboxylic acids is 3. The Morgan fingerprint density at radius 1 is 0.786 bits per heavy atom. The third-order valence-corrected chi connectivity index (χ3v) is 8.60. The molecule has 6 N–H and O–H groups in total. The van der Waals surface area contributed by atoms with E-state index in [1.165, 1.54) is 66.5 Å². The average Bonchev–Trinajstić information content (AvgIpc) is 3.38. The number of unbranched alkanes of at least 4 members (excludes halogenated alkanes) is 1. The summed E-state index contributed by atoms with van der Waals surface area (Å²) in [6.07, 6.45) is 3.83. The first-order chi connectivity index (χ1) is 20.4. The topological polar surface area (TPSA) is 137 Å². The zero-order valence-corrected chi connectivity index (χ0v) is 23.8. The molecule has 0 spiro atoms. The number of nitrogens with two attached hydrogens (primary N) is 2. The molecule has 0 radical (unpaired) electrons. The minimum absolute atomic E-state index is 0.261. The van der Waals surface area contributed by atoms with Gasteiger partial charge in [0.15, 0.2) is 0 Å². The number of ether oxygens (including phenoxy) is 1. The Morgan fingerprint density at radius 3 is 2.02 bits per heavy atom. The van der Waals surface area contributed by atoms with E-state index in [1.807, 2.05) is 0 Å². The third-order valence-electron chi connectivity index (χ3n) is 8.60. The van der Waals surface area contributed by atoms with Gasteiger partial charge in [-0.3, -0.25) is 9.59 Å². The Balaban J connectivity index is 1.17. The number of hydrogen-bond donors (Lipinski definition) is 4. The summed E-state index contributed by atoms with van der Waals surface area (Å²) >= 11 is 0. The Kier molecular flexibility index (Phi) is 7.66. The van der Waals surface area contributed by atoms with Gasteiger partial charge in [0.25, 0.3) is 0 Å². The van der Waals surface area contributed by atoms with Crippen molar-refractivity contribution in [2.75, 3.05) is 20.2 Å². The van der Waals surface area contributed by atoms with E-state index in [4.69, 9.17) is 16.2 Å². The van der Waals surface area contributed by atoms with E-state index in [2.05, 4.69) is 65.2 Å². The van der Waals surface area contributed by atoms with Gasteiger partial charge in [-0.05, 0) is 98.1 Å². The fraction of sp³-hybridized carbons (Fsp3) is 0.324. The molecule has 0 aliphatic carbocycles. The van der Waals surface area contributed by atoms with Crippen molar-refractivity contribution in [1.29, 1.82) is 0 Å². The molecule has 2 amide bonds. The number of esters is 1. The van der Waals surface area contributed by atoms with Gasteiger partial charge >= 0.3 is 5.97 Å². The molecule has 8 heteroatoms. The molecule has 42 heavy (non-hydrogen) atoms. The molecule has 0 aliphatic rings. The lowest BCUT2D eigenvalue weighted by Gasteiger charge is -2.18. The van der Waals surface area contributed by atoms with E-state index in [0.717, 1.165) is 19.3 Å². The number of rotatable bonds is 13. The van der Waals surface area contributed by atoms with Crippen LogP contribution < -0.4 is 22.1 Å². The van der Waals surface area contributed by atoms with Crippen LogP contribution in [-0.4, -0.2) is 50.1 Å². The van der Waals surface area contributed by atoms with E-state index < -0.39 is 29.9 Å². The summed E-state index contributed by atoms with van der Waals surface area (Å²) in [6, 6.07) is 18.4. The van der Waals surface area contributed by atoms with Crippen molar-refractivity contribution >= 4 is 71.6 Å². The van der Waals surface area contributed by atoms with Gasteiger partial charge in [0, 0.05) is 0 Å². The predicted octanol–water partition coefficient (Wildman–Crippen LogP) is 4.32. The maximum Gasteiger partial charge on any atom is 0.328 e. The van der Waals surface area contributed by atoms with Crippen molar-refractivity contribution in [3.05, 3.63) is 60.2 Å². The molecule has 216 valence electrons. The first-order valence-corrected chi connectivity index (χ1v) is 14.7. The zero-order valence-electron chi connectivity index (χ0n) is 23.8. The smallest absolute Gasteiger partial charge is 0.328 e. The molecular weight excluding hydrogens is 528 g/mol. The fourth-order valence-corrected chi connectivity index (χ4v) is 6.53.